The van der Waals surface area contributed by atoms with Gasteiger partial charge in [0.2, 0.25) is 0 Å². The lowest BCUT2D eigenvalue weighted by molar-refractivity contribution is -0.870. The molecule has 0 aliphatic rings. The zero-order valence-corrected chi connectivity index (χ0v) is 30.0. The molecule has 0 amide bonds. The molecule has 2 unspecified atom stereocenters. The van der Waals surface area contributed by atoms with Crippen LogP contribution in [0.1, 0.15) is 136 Å². The van der Waals surface area contributed by atoms with Crippen molar-refractivity contribution in [2.45, 2.75) is 142 Å². The second-order valence-corrected chi connectivity index (χ2v) is 14.3. The fourth-order valence-electron chi connectivity index (χ4n) is 4.46. The van der Waals surface area contributed by atoms with Crippen molar-refractivity contribution in [1.82, 2.24) is 0 Å². The number of hydrogen-bond donors (Lipinski definition) is 0. The van der Waals surface area contributed by atoms with Crippen molar-refractivity contribution in [1.29, 1.82) is 0 Å². The van der Waals surface area contributed by atoms with Crippen LogP contribution in [0.5, 0.6) is 0 Å². The number of phosphoric acid groups is 1. The van der Waals surface area contributed by atoms with Crippen molar-refractivity contribution >= 4 is 13.8 Å². The average molecular weight is 646 g/mol. The van der Waals surface area contributed by atoms with Crippen molar-refractivity contribution in [2.75, 3.05) is 54.1 Å². The Labute approximate surface area is 271 Å². The molecule has 44 heavy (non-hydrogen) atoms. The van der Waals surface area contributed by atoms with Gasteiger partial charge in [-0.05, 0) is 44.9 Å². The predicted molar refractivity (Wildman–Crippen MR) is 180 cm³/mol. The summed E-state index contributed by atoms with van der Waals surface area (Å²) in [5, 5.41) is 0. The van der Waals surface area contributed by atoms with E-state index in [1.807, 2.05) is 21.1 Å². The minimum absolute atomic E-state index is 0.0244. The first-order valence-electron chi connectivity index (χ1n) is 17.6. The van der Waals surface area contributed by atoms with Crippen LogP contribution in [0, 0.1) is 0 Å². The van der Waals surface area contributed by atoms with E-state index < -0.39 is 13.9 Å². The predicted octanol–water partition coefficient (Wildman–Crippen LogP) is 8.69. The van der Waals surface area contributed by atoms with Crippen molar-refractivity contribution in [2.24, 2.45) is 0 Å². The van der Waals surface area contributed by atoms with Gasteiger partial charge in [-0.1, -0.05) is 109 Å². The van der Waals surface area contributed by atoms with Gasteiger partial charge in [0.1, 0.15) is 19.3 Å². The molecule has 0 aliphatic heterocycles. The lowest BCUT2D eigenvalue weighted by Crippen LogP contribution is -2.37. The Bertz CT molecular complexity index is 767. The number of likely N-dealkylation sites (N-methyl/N-ethyl adjacent to an activating group) is 1. The van der Waals surface area contributed by atoms with Gasteiger partial charge in [0.15, 0.2) is 0 Å². The average Bonchev–Trinajstić information content (AvgIpc) is 2.96. The molecular formula is C35H68NO7P. The Morgan fingerprint density at radius 1 is 0.705 bits per heavy atom. The first kappa shape index (κ1) is 43.0. The third-order valence-corrected chi connectivity index (χ3v) is 8.22. The summed E-state index contributed by atoms with van der Waals surface area (Å²) >= 11 is 0. The molecule has 260 valence electrons. The Morgan fingerprint density at radius 2 is 1.25 bits per heavy atom. The standard InChI is InChI=1S/C35H68NO7P/c1-6-8-10-12-13-14-15-16-17-18-19-20-21-22-23-25-27-30-40-32-34(43-35(37)28-26-24-11-9-7-2)33-42-44(38,39)41-31-29-36(3,4)5/h14-15,17-18,34H,6-13,16,19-33H2,1-5H3/b15-14-,18-17-. The Balaban J connectivity index is 4.17. The summed E-state index contributed by atoms with van der Waals surface area (Å²) in [6.45, 7) is 5.26. The van der Waals surface area contributed by atoms with E-state index in [-0.39, 0.29) is 25.8 Å². The van der Waals surface area contributed by atoms with Crippen LogP contribution >= 0.6 is 7.82 Å². The van der Waals surface area contributed by atoms with Crippen molar-refractivity contribution in [3.8, 4) is 0 Å². The largest absolute Gasteiger partial charge is 0.756 e. The molecular weight excluding hydrogens is 577 g/mol. The SMILES string of the molecule is CCCCCC/C=C\C/C=C\CCCCCCCCOCC(COP(=O)([O-])OCC[N+](C)(C)C)OC(=O)CCCCCCC. The number of rotatable bonds is 32. The van der Waals surface area contributed by atoms with E-state index >= 15 is 0 Å². The lowest BCUT2D eigenvalue weighted by atomic mass is 10.1. The summed E-state index contributed by atoms with van der Waals surface area (Å²) < 4.78 is 34.1. The minimum atomic E-state index is -4.50. The van der Waals surface area contributed by atoms with Crippen LogP contribution in [0.15, 0.2) is 24.3 Å². The van der Waals surface area contributed by atoms with Gasteiger partial charge >= 0.3 is 5.97 Å². The highest BCUT2D eigenvalue weighted by Crippen LogP contribution is 2.38. The Kier molecular flexibility index (Phi) is 28.7. The molecule has 0 fully saturated rings. The lowest BCUT2D eigenvalue weighted by Gasteiger charge is -2.28. The molecule has 0 aromatic heterocycles. The molecule has 0 radical (unpaired) electrons. The van der Waals surface area contributed by atoms with Crippen molar-refractivity contribution in [3.05, 3.63) is 24.3 Å². The van der Waals surface area contributed by atoms with Crippen LogP contribution in [-0.4, -0.2) is 70.7 Å². The second-order valence-electron chi connectivity index (χ2n) is 12.9. The van der Waals surface area contributed by atoms with Crippen LogP contribution in [-0.2, 0) is 27.9 Å². The third kappa shape index (κ3) is 32.4. The summed E-state index contributed by atoms with van der Waals surface area (Å²) in [6.07, 6.45) is 29.3. The highest BCUT2D eigenvalue weighted by molar-refractivity contribution is 7.45. The number of allylic oxidation sites excluding steroid dienone is 4. The monoisotopic (exact) mass is 645 g/mol. The molecule has 0 saturated carbocycles. The minimum Gasteiger partial charge on any atom is -0.756 e. The van der Waals surface area contributed by atoms with Crippen LogP contribution in [0.2, 0.25) is 0 Å². The number of esters is 1. The van der Waals surface area contributed by atoms with E-state index in [0.717, 1.165) is 64.2 Å². The van der Waals surface area contributed by atoms with Crippen LogP contribution < -0.4 is 4.89 Å². The van der Waals surface area contributed by atoms with Gasteiger partial charge in [-0.25, -0.2) is 0 Å². The maximum absolute atomic E-state index is 12.4. The number of quaternary nitrogens is 1. The van der Waals surface area contributed by atoms with Gasteiger partial charge in [0, 0.05) is 13.0 Å². The maximum atomic E-state index is 12.4. The van der Waals surface area contributed by atoms with Crippen molar-refractivity contribution in [3.63, 3.8) is 0 Å². The summed E-state index contributed by atoms with van der Waals surface area (Å²) in [7, 11) is 1.34. The first-order valence-corrected chi connectivity index (χ1v) is 19.0. The molecule has 0 spiro atoms. The normalized spacial score (nSPS) is 14.4. The number of unbranched alkanes of at least 4 members (excludes halogenated alkanes) is 14. The molecule has 0 aromatic carbocycles. The Hall–Kier alpha value is -1.02. The smallest absolute Gasteiger partial charge is 0.306 e. The second kappa shape index (κ2) is 29.4. The molecule has 0 bridgehead atoms. The fourth-order valence-corrected chi connectivity index (χ4v) is 5.18. The molecule has 0 heterocycles. The van der Waals surface area contributed by atoms with Gasteiger partial charge in [-0.2, -0.15) is 0 Å². The van der Waals surface area contributed by atoms with Crippen molar-refractivity contribution < 1.29 is 37.3 Å². The van der Waals surface area contributed by atoms with E-state index in [4.69, 9.17) is 18.5 Å². The highest BCUT2D eigenvalue weighted by atomic mass is 31.2. The van der Waals surface area contributed by atoms with E-state index in [0.29, 0.717) is 24.1 Å². The van der Waals surface area contributed by atoms with Gasteiger partial charge in [-0.15, -0.1) is 0 Å². The summed E-state index contributed by atoms with van der Waals surface area (Å²) in [4.78, 5) is 24.6. The summed E-state index contributed by atoms with van der Waals surface area (Å²) in [5.41, 5.74) is 0. The third-order valence-electron chi connectivity index (χ3n) is 7.26. The van der Waals surface area contributed by atoms with Gasteiger partial charge < -0.3 is 27.9 Å². The highest BCUT2D eigenvalue weighted by Gasteiger charge is 2.20. The Morgan fingerprint density at radius 3 is 1.86 bits per heavy atom. The molecule has 8 nitrogen and oxygen atoms in total. The quantitative estimate of drug-likeness (QED) is 0.0238. The number of phosphoric ester groups is 1. The zero-order chi connectivity index (χ0) is 32.8. The fraction of sp³-hybridized carbons (Fsp3) is 0.857. The first-order chi connectivity index (χ1) is 21.1. The number of ether oxygens (including phenoxy) is 2. The van der Waals surface area contributed by atoms with E-state index in [1.165, 1.54) is 51.4 Å². The van der Waals surface area contributed by atoms with Crippen LogP contribution in [0.25, 0.3) is 0 Å². The van der Waals surface area contributed by atoms with Crippen LogP contribution in [0.3, 0.4) is 0 Å². The summed E-state index contributed by atoms with van der Waals surface area (Å²) in [6, 6.07) is 0. The molecule has 0 aromatic rings. The molecule has 0 saturated heterocycles. The van der Waals surface area contributed by atoms with E-state index in [1.54, 1.807) is 0 Å². The topological polar surface area (TPSA) is 94.1 Å². The molecule has 2 atom stereocenters. The molecule has 0 aliphatic carbocycles. The number of hydrogen-bond acceptors (Lipinski definition) is 7. The number of carbonyl (C=O) groups excluding carboxylic acids is 1. The van der Waals surface area contributed by atoms with Gasteiger partial charge in [-0.3, -0.25) is 9.36 Å². The van der Waals surface area contributed by atoms with E-state index in [9.17, 15) is 14.3 Å². The molecule has 9 heteroatoms. The zero-order valence-electron chi connectivity index (χ0n) is 29.1. The molecule has 0 N–H and O–H groups in total. The van der Waals surface area contributed by atoms with Gasteiger partial charge in [0.25, 0.3) is 7.82 Å². The van der Waals surface area contributed by atoms with Gasteiger partial charge in [0.05, 0.1) is 34.4 Å². The summed E-state index contributed by atoms with van der Waals surface area (Å²) in [5.74, 6) is -0.352. The number of carbonyl (C=O) groups is 1. The molecule has 0 rings (SSSR count). The number of nitrogens with zero attached hydrogens (tertiary/aromatic N) is 1. The van der Waals surface area contributed by atoms with Crippen LogP contribution in [0.4, 0.5) is 0 Å². The van der Waals surface area contributed by atoms with E-state index in [2.05, 4.69) is 38.2 Å². The maximum Gasteiger partial charge on any atom is 0.306 e.